The second kappa shape index (κ2) is 6.16. The van der Waals surface area contributed by atoms with E-state index in [4.69, 9.17) is 4.74 Å². The van der Waals surface area contributed by atoms with Gasteiger partial charge in [-0.15, -0.1) is 0 Å². The van der Waals surface area contributed by atoms with Crippen molar-refractivity contribution in [3.8, 4) is 0 Å². The van der Waals surface area contributed by atoms with E-state index in [0.29, 0.717) is 17.3 Å². The number of aromatic nitrogens is 1. The smallest absolute Gasteiger partial charge is 0.415 e. The molecule has 1 amide bonds. The van der Waals surface area contributed by atoms with Crippen LogP contribution in [0.4, 0.5) is 10.5 Å². The lowest BCUT2D eigenvalue weighted by Crippen LogP contribution is -2.41. The third-order valence-corrected chi connectivity index (χ3v) is 4.51. The van der Waals surface area contributed by atoms with Gasteiger partial charge in [0.2, 0.25) is 5.78 Å². The first-order valence-corrected chi connectivity index (χ1v) is 8.55. The van der Waals surface area contributed by atoms with Gasteiger partial charge in [0.25, 0.3) is 0 Å². The lowest BCUT2D eigenvalue weighted by Gasteiger charge is -2.27. The number of pyridine rings is 1. The van der Waals surface area contributed by atoms with Crippen LogP contribution in [0, 0.1) is 0 Å². The van der Waals surface area contributed by atoms with E-state index < -0.39 is 17.7 Å². The van der Waals surface area contributed by atoms with Crippen molar-refractivity contribution in [3.05, 3.63) is 23.5 Å². The average molecular weight is 331 g/mol. The van der Waals surface area contributed by atoms with Crippen LogP contribution in [0.1, 0.15) is 62.5 Å². The Kier molecular flexibility index (Phi) is 4.34. The van der Waals surface area contributed by atoms with E-state index in [1.807, 2.05) is 26.8 Å². The number of ether oxygens (including phenoxy) is 1. The van der Waals surface area contributed by atoms with Crippen molar-refractivity contribution in [1.82, 2.24) is 10.3 Å². The molecule has 1 aromatic rings. The molecule has 2 aliphatic rings. The van der Waals surface area contributed by atoms with Crippen molar-refractivity contribution in [1.29, 1.82) is 0 Å². The number of amides is 1. The minimum absolute atomic E-state index is 0.135. The highest BCUT2D eigenvalue weighted by Crippen LogP contribution is 2.35. The van der Waals surface area contributed by atoms with Crippen molar-refractivity contribution in [2.75, 3.05) is 18.0 Å². The second-order valence-corrected chi connectivity index (χ2v) is 7.57. The molecule has 1 aromatic heterocycles. The number of anilines is 1. The third-order valence-electron chi connectivity index (χ3n) is 4.51. The number of rotatable bonds is 1. The Balaban J connectivity index is 1.93. The third kappa shape index (κ3) is 3.15. The fourth-order valence-corrected chi connectivity index (χ4v) is 3.29. The minimum Gasteiger partial charge on any atom is -0.443 e. The maximum atomic E-state index is 12.6. The largest absolute Gasteiger partial charge is 0.443 e. The summed E-state index contributed by atoms with van der Waals surface area (Å²) in [7, 11) is 0. The van der Waals surface area contributed by atoms with Crippen LogP contribution in [0.5, 0.6) is 0 Å². The first-order chi connectivity index (χ1) is 11.3. The van der Waals surface area contributed by atoms with Crippen LogP contribution in [-0.2, 0) is 4.74 Å². The Bertz CT molecular complexity index is 660. The molecule has 130 valence electrons. The number of carbonyl (C=O) groups excluding carboxylic acids is 2. The zero-order chi connectivity index (χ0) is 17.5. The molecule has 3 heterocycles. The number of hydrogen-bond acceptors (Lipinski definition) is 5. The van der Waals surface area contributed by atoms with Crippen LogP contribution in [0.15, 0.2) is 12.3 Å². The number of fused-ring (bicyclic) bond motifs is 1. The van der Waals surface area contributed by atoms with E-state index in [-0.39, 0.29) is 5.78 Å². The van der Waals surface area contributed by atoms with Crippen LogP contribution in [0.25, 0.3) is 0 Å². The van der Waals surface area contributed by atoms with Crippen molar-refractivity contribution in [2.24, 2.45) is 0 Å². The lowest BCUT2D eigenvalue weighted by molar-refractivity contribution is 0.0564. The molecule has 24 heavy (non-hydrogen) atoms. The first kappa shape index (κ1) is 16.9. The molecule has 1 saturated heterocycles. The molecule has 0 spiro atoms. The van der Waals surface area contributed by atoms with E-state index in [9.17, 15) is 9.59 Å². The average Bonchev–Trinajstić information content (AvgIpc) is 2.77. The van der Waals surface area contributed by atoms with Gasteiger partial charge in [0, 0.05) is 12.7 Å². The van der Waals surface area contributed by atoms with Crippen molar-refractivity contribution >= 4 is 17.6 Å². The molecule has 6 heteroatoms. The highest BCUT2D eigenvalue weighted by atomic mass is 16.6. The number of ketones is 1. The van der Waals surface area contributed by atoms with Crippen molar-refractivity contribution < 1.29 is 14.3 Å². The molecular formula is C18H25N3O3. The molecule has 2 atom stereocenters. The molecule has 1 fully saturated rings. The van der Waals surface area contributed by atoms with Crippen LogP contribution >= 0.6 is 0 Å². The number of hydrogen-bond donors (Lipinski definition) is 1. The summed E-state index contributed by atoms with van der Waals surface area (Å²) >= 11 is 0. The normalized spacial score (nSPS) is 24.0. The van der Waals surface area contributed by atoms with Gasteiger partial charge in [-0.3, -0.25) is 14.7 Å². The number of carbonyl (C=O) groups is 2. The predicted molar refractivity (Wildman–Crippen MR) is 91.6 cm³/mol. The maximum absolute atomic E-state index is 12.6. The Morgan fingerprint density at radius 1 is 1.42 bits per heavy atom. The van der Waals surface area contributed by atoms with Gasteiger partial charge < -0.3 is 10.1 Å². The highest BCUT2D eigenvalue weighted by Gasteiger charge is 2.41. The number of piperidine rings is 1. The van der Waals surface area contributed by atoms with Gasteiger partial charge in [0.1, 0.15) is 17.3 Å². The number of nitrogens with zero attached hydrogens (tertiary/aromatic N) is 2. The van der Waals surface area contributed by atoms with Gasteiger partial charge in [-0.05, 0) is 64.6 Å². The van der Waals surface area contributed by atoms with Crippen molar-refractivity contribution in [3.63, 3.8) is 0 Å². The summed E-state index contributed by atoms with van der Waals surface area (Å²) < 4.78 is 5.48. The zero-order valence-corrected chi connectivity index (χ0v) is 14.8. The van der Waals surface area contributed by atoms with Crippen LogP contribution in [-0.4, -0.2) is 41.6 Å². The van der Waals surface area contributed by atoms with Gasteiger partial charge in [0.15, 0.2) is 0 Å². The number of nitrogens with one attached hydrogen (secondary N) is 1. The zero-order valence-electron chi connectivity index (χ0n) is 14.8. The first-order valence-electron chi connectivity index (χ1n) is 8.55. The van der Waals surface area contributed by atoms with Crippen LogP contribution < -0.4 is 10.2 Å². The molecule has 3 rings (SSSR count). The molecule has 0 bridgehead atoms. The van der Waals surface area contributed by atoms with E-state index in [2.05, 4.69) is 10.3 Å². The fourth-order valence-electron chi connectivity index (χ4n) is 3.29. The molecule has 0 aromatic carbocycles. The summed E-state index contributed by atoms with van der Waals surface area (Å²) in [6.45, 7) is 9.10. The van der Waals surface area contributed by atoms with Gasteiger partial charge in [-0.1, -0.05) is 0 Å². The van der Waals surface area contributed by atoms with E-state index in [1.165, 1.54) is 4.90 Å². The minimum atomic E-state index is -0.610. The van der Waals surface area contributed by atoms with Gasteiger partial charge in [-0.2, -0.15) is 0 Å². The van der Waals surface area contributed by atoms with Crippen molar-refractivity contribution in [2.45, 2.75) is 58.1 Å². The summed E-state index contributed by atoms with van der Waals surface area (Å²) in [5.74, 6) is 0.229. The van der Waals surface area contributed by atoms with E-state index in [0.717, 1.165) is 31.5 Å². The Hall–Kier alpha value is -1.95. The maximum Gasteiger partial charge on any atom is 0.415 e. The summed E-state index contributed by atoms with van der Waals surface area (Å²) in [5.41, 5.74) is 1.39. The monoisotopic (exact) mass is 331 g/mol. The predicted octanol–water partition coefficient (Wildman–Crippen LogP) is 2.87. The van der Waals surface area contributed by atoms with E-state index >= 15 is 0 Å². The fraction of sp³-hybridized carbons (Fsp3) is 0.611. The molecule has 0 aliphatic carbocycles. The molecule has 6 nitrogen and oxygen atoms in total. The standard InChI is InChI=1S/C18H25N3O3/c1-11-16(22)15-14(21(11)17(23)24-18(2,3)4)8-13(10-20-15)12-6-5-7-19-9-12/h8,10-12,19H,5-7,9H2,1-4H3. The molecule has 2 aliphatic heterocycles. The molecular weight excluding hydrogens is 306 g/mol. The van der Waals surface area contributed by atoms with Crippen LogP contribution in [0.2, 0.25) is 0 Å². The SMILES string of the molecule is CC1C(=O)c2ncc(C3CCCNC3)cc2N1C(=O)OC(C)(C)C. The lowest BCUT2D eigenvalue weighted by atomic mass is 9.92. The molecule has 1 N–H and O–H groups in total. The second-order valence-electron chi connectivity index (χ2n) is 7.57. The Morgan fingerprint density at radius 2 is 2.17 bits per heavy atom. The van der Waals surface area contributed by atoms with Gasteiger partial charge in [-0.25, -0.2) is 4.79 Å². The van der Waals surface area contributed by atoms with Gasteiger partial charge in [0.05, 0.1) is 5.69 Å². The van der Waals surface area contributed by atoms with Crippen LogP contribution in [0.3, 0.4) is 0 Å². The number of Topliss-reactive ketones (excluding diaryl/α,β-unsaturated/α-hetero) is 1. The summed E-state index contributed by atoms with van der Waals surface area (Å²) in [6.07, 6.45) is 3.48. The quantitative estimate of drug-likeness (QED) is 0.857. The summed E-state index contributed by atoms with van der Waals surface area (Å²) in [6, 6.07) is 1.35. The Labute approximate surface area is 142 Å². The summed E-state index contributed by atoms with van der Waals surface area (Å²) in [4.78, 5) is 30.8. The summed E-state index contributed by atoms with van der Waals surface area (Å²) in [5, 5.41) is 3.38. The molecule has 0 radical (unpaired) electrons. The highest BCUT2D eigenvalue weighted by molar-refractivity contribution is 6.15. The van der Waals surface area contributed by atoms with Gasteiger partial charge >= 0.3 is 6.09 Å². The molecule has 0 saturated carbocycles. The topological polar surface area (TPSA) is 71.5 Å². The Morgan fingerprint density at radius 3 is 2.79 bits per heavy atom. The van der Waals surface area contributed by atoms with E-state index in [1.54, 1.807) is 13.1 Å². The molecule has 2 unspecified atom stereocenters.